The predicted molar refractivity (Wildman–Crippen MR) is 80.9 cm³/mol. The molecule has 0 saturated heterocycles. The lowest BCUT2D eigenvalue weighted by molar-refractivity contribution is 0.467. The molecule has 0 radical (unpaired) electrons. The summed E-state index contributed by atoms with van der Waals surface area (Å²) in [6, 6.07) is 5.67. The minimum atomic E-state index is -3.81. The molecule has 2 aromatic rings. The molecule has 1 aromatic heterocycles. The van der Waals surface area contributed by atoms with Crippen LogP contribution in [0.15, 0.2) is 29.2 Å². The second kappa shape index (κ2) is 5.79. The molecule has 9 heteroatoms. The second-order valence-electron chi connectivity index (χ2n) is 3.90. The quantitative estimate of drug-likeness (QED) is 0.582. The summed E-state index contributed by atoms with van der Waals surface area (Å²) in [6.45, 7) is -0.108. The van der Waals surface area contributed by atoms with E-state index in [0.29, 0.717) is 11.3 Å². The molecule has 5 nitrogen and oxygen atoms in total. The standard InChI is InChI=1S/C11H10Cl2N2O3S2/c12-10-4-9(11(13)19-10)20(17,18)15-5-6-3-7(14)1-2-8(6)16/h1-4,15-16H,5,14H2. The normalized spacial score (nSPS) is 11.7. The number of halogens is 2. The van der Waals surface area contributed by atoms with E-state index in [0.717, 1.165) is 11.3 Å². The monoisotopic (exact) mass is 352 g/mol. The number of hydrogen-bond donors (Lipinski definition) is 3. The maximum Gasteiger partial charge on any atom is 0.243 e. The van der Waals surface area contributed by atoms with Gasteiger partial charge in [0.25, 0.3) is 0 Å². The zero-order chi connectivity index (χ0) is 14.9. The van der Waals surface area contributed by atoms with Crippen molar-refractivity contribution in [3.05, 3.63) is 38.5 Å². The number of phenols is 1. The number of sulfonamides is 1. The molecule has 108 valence electrons. The van der Waals surface area contributed by atoms with E-state index < -0.39 is 10.0 Å². The van der Waals surface area contributed by atoms with Gasteiger partial charge in [-0.3, -0.25) is 0 Å². The van der Waals surface area contributed by atoms with Gasteiger partial charge in [-0.2, -0.15) is 0 Å². The zero-order valence-electron chi connectivity index (χ0n) is 9.93. The van der Waals surface area contributed by atoms with E-state index in [1.54, 1.807) is 0 Å². The van der Waals surface area contributed by atoms with Crippen LogP contribution in [0.2, 0.25) is 8.67 Å². The van der Waals surface area contributed by atoms with Crippen molar-refractivity contribution < 1.29 is 13.5 Å². The van der Waals surface area contributed by atoms with Crippen molar-refractivity contribution in [1.29, 1.82) is 0 Å². The molecule has 0 unspecified atom stereocenters. The summed E-state index contributed by atoms with van der Waals surface area (Å²) in [4.78, 5) is -0.0856. The Hall–Kier alpha value is -0.990. The summed E-state index contributed by atoms with van der Waals surface area (Å²) >= 11 is 12.5. The van der Waals surface area contributed by atoms with E-state index in [1.165, 1.54) is 24.3 Å². The molecule has 0 saturated carbocycles. The Morgan fingerprint density at radius 1 is 1.30 bits per heavy atom. The molecular weight excluding hydrogens is 343 g/mol. The number of nitrogens with two attached hydrogens (primary N) is 1. The molecule has 0 aliphatic heterocycles. The van der Waals surface area contributed by atoms with Gasteiger partial charge in [-0.15, -0.1) is 11.3 Å². The molecule has 0 spiro atoms. The van der Waals surface area contributed by atoms with Gasteiger partial charge >= 0.3 is 0 Å². The third kappa shape index (κ3) is 3.36. The number of rotatable bonds is 4. The second-order valence-corrected chi connectivity index (χ2v) is 7.92. The summed E-state index contributed by atoms with van der Waals surface area (Å²) in [5.74, 6) is -0.0450. The summed E-state index contributed by atoms with van der Waals surface area (Å²) in [7, 11) is -3.81. The van der Waals surface area contributed by atoms with Gasteiger partial charge in [0.1, 0.15) is 15.0 Å². The van der Waals surface area contributed by atoms with Crippen LogP contribution in [0.5, 0.6) is 5.75 Å². The Bertz CT molecular complexity index is 744. The van der Waals surface area contributed by atoms with Crippen LogP contribution in [-0.2, 0) is 16.6 Å². The first-order valence-electron chi connectivity index (χ1n) is 5.31. The van der Waals surface area contributed by atoms with Gasteiger partial charge in [0.15, 0.2) is 0 Å². The molecule has 0 amide bonds. The fraction of sp³-hybridized carbons (Fsp3) is 0.0909. The van der Waals surface area contributed by atoms with Gasteiger partial charge in [0.2, 0.25) is 10.0 Å². The van der Waals surface area contributed by atoms with Gasteiger partial charge in [-0.1, -0.05) is 23.2 Å². The predicted octanol–water partition coefficient (Wildman–Crippen LogP) is 2.82. The Kier molecular flexibility index (Phi) is 4.46. The molecule has 20 heavy (non-hydrogen) atoms. The van der Waals surface area contributed by atoms with Gasteiger partial charge in [0, 0.05) is 17.8 Å². The van der Waals surface area contributed by atoms with Crippen molar-refractivity contribution in [3.63, 3.8) is 0 Å². The Balaban J connectivity index is 2.21. The lowest BCUT2D eigenvalue weighted by atomic mass is 10.2. The van der Waals surface area contributed by atoms with Crippen LogP contribution in [0.4, 0.5) is 5.69 Å². The molecule has 4 N–H and O–H groups in total. The van der Waals surface area contributed by atoms with Crippen LogP contribution in [-0.4, -0.2) is 13.5 Å². The van der Waals surface area contributed by atoms with E-state index in [-0.39, 0.29) is 25.9 Å². The van der Waals surface area contributed by atoms with Crippen LogP contribution in [0, 0.1) is 0 Å². The first kappa shape index (κ1) is 15.4. The van der Waals surface area contributed by atoms with E-state index in [2.05, 4.69) is 4.72 Å². The van der Waals surface area contributed by atoms with Crippen LogP contribution in [0.25, 0.3) is 0 Å². The highest BCUT2D eigenvalue weighted by Gasteiger charge is 2.21. The molecule has 0 bridgehead atoms. The van der Waals surface area contributed by atoms with E-state index in [4.69, 9.17) is 28.9 Å². The van der Waals surface area contributed by atoms with Crippen LogP contribution < -0.4 is 10.5 Å². The molecular formula is C11H10Cl2N2O3S2. The van der Waals surface area contributed by atoms with Crippen LogP contribution in [0.1, 0.15) is 5.56 Å². The molecule has 0 fully saturated rings. The zero-order valence-corrected chi connectivity index (χ0v) is 13.1. The first-order valence-corrected chi connectivity index (χ1v) is 8.37. The number of phenolic OH excluding ortho intramolecular Hbond substituents is 1. The molecule has 1 heterocycles. The summed E-state index contributed by atoms with van der Waals surface area (Å²) < 4.78 is 26.8. The highest BCUT2D eigenvalue weighted by Crippen LogP contribution is 2.34. The largest absolute Gasteiger partial charge is 0.508 e. The van der Waals surface area contributed by atoms with Crippen molar-refractivity contribution >= 4 is 50.2 Å². The summed E-state index contributed by atoms with van der Waals surface area (Å²) in [5, 5.41) is 9.63. The van der Waals surface area contributed by atoms with Gasteiger partial charge in [-0.05, 0) is 24.3 Å². The smallest absolute Gasteiger partial charge is 0.243 e. The average Bonchev–Trinajstić information content (AvgIpc) is 2.70. The summed E-state index contributed by atoms with van der Waals surface area (Å²) in [5.41, 5.74) is 6.37. The highest BCUT2D eigenvalue weighted by atomic mass is 35.5. The molecule has 2 rings (SSSR count). The fourth-order valence-corrected chi connectivity index (χ4v) is 4.66. The minimum absolute atomic E-state index is 0.0450. The number of nitrogen functional groups attached to an aromatic ring is 1. The van der Waals surface area contributed by atoms with Crippen LogP contribution in [0.3, 0.4) is 0 Å². The molecule has 1 aromatic carbocycles. The maximum atomic E-state index is 12.1. The van der Waals surface area contributed by atoms with Crippen molar-refractivity contribution in [1.82, 2.24) is 4.72 Å². The number of hydrogen-bond acceptors (Lipinski definition) is 5. The number of thiophene rings is 1. The van der Waals surface area contributed by atoms with E-state index >= 15 is 0 Å². The van der Waals surface area contributed by atoms with Gasteiger partial charge in [0.05, 0.1) is 4.34 Å². The SMILES string of the molecule is Nc1ccc(O)c(CNS(=O)(=O)c2cc(Cl)sc2Cl)c1. The first-order chi connectivity index (χ1) is 9.29. The minimum Gasteiger partial charge on any atom is -0.508 e. The van der Waals surface area contributed by atoms with Crippen LogP contribution >= 0.6 is 34.5 Å². The molecule has 0 aliphatic rings. The lowest BCUT2D eigenvalue weighted by Crippen LogP contribution is -2.23. The highest BCUT2D eigenvalue weighted by molar-refractivity contribution is 7.89. The Morgan fingerprint density at radius 3 is 2.60 bits per heavy atom. The number of anilines is 1. The van der Waals surface area contributed by atoms with E-state index in [1.807, 2.05) is 0 Å². The maximum absolute atomic E-state index is 12.1. The molecule has 0 atom stereocenters. The molecule has 0 aliphatic carbocycles. The third-order valence-corrected chi connectivity index (χ3v) is 5.63. The Morgan fingerprint density at radius 2 is 2.00 bits per heavy atom. The van der Waals surface area contributed by atoms with E-state index in [9.17, 15) is 13.5 Å². The van der Waals surface area contributed by atoms with Crippen molar-refractivity contribution in [2.75, 3.05) is 5.73 Å². The average molecular weight is 353 g/mol. The van der Waals surface area contributed by atoms with Crippen molar-refractivity contribution in [3.8, 4) is 5.75 Å². The van der Waals surface area contributed by atoms with Crippen molar-refractivity contribution in [2.24, 2.45) is 0 Å². The number of nitrogens with one attached hydrogen (secondary N) is 1. The third-order valence-electron chi connectivity index (χ3n) is 2.47. The number of benzene rings is 1. The van der Waals surface area contributed by atoms with Gasteiger partial charge in [-0.25, -0.2) is 13.1 Å². The van der Waals surface area contributed by atoms with Gasteiger partial charge < -0.3 is 10.8 Å². The van der Waals surface area contributed by atoms with Crippen molar-refractivity contribution in [2.45, 2.75) is 11.4 Å². The topological polar surface area (TPSA) is 92.4 Å². The lowest BCUT2D eigenvalue weighted by Gasteiger charge is -2.08. The Labute approximate surface area is 130 Å². The fourth-order valence-electron chi connectivity index (χ4n) is 1.51. The number of aromatic hydroxyl groups is 1. The summed E-state index contributed by atoms with van der Waals surface area (Å²) in [6.07, 6.45) is 0.